The number of carbonyl (C=O) groups is 3. The number of ether oxygens (including phenoxy) is 3. The van der Waals surface area contributed by atoms with E-state index in [1.165, 1.54) is 199 Å². The van der Waals surface area contributed by atoms with Crippen molar-refractivity contribution in [1.82, 2.24) is 0 Å². The summed E-state index contributed by atoms with van der Waals surface area (Å²) in [7, 11) is 0. The molecule has 0 saturated carbocycles. The highest BCUT2D eigenvalue weighted by Gasteiger charge is 2.19. The van der Waals surface area contributed by atoms with E-state index in [1.807, 2.05) is 0 Å². The summed E-state index contributed by atoms with van der Waals surface area (Å²) in [6.45, 7) is 6.52. The quantitative estimate of drug-likeness (QED) is 0.0261. The number of allylic oxidation sites excluding steroid dienone is 14. The molecule has 1 unspecified atom stereocenters. The van der Waals surface area contributed by atoms with Gasteiger partial charge in [0, 0.05) is 19.3 Å². The molecule has 0 aromatic carbocycles. The maximum absolute atomic E-state index is 12.9. The lowest BCUT2D eigenvalue weighted by Crippen LogP contribution is -2.30. The first-order valence-electron chi connectivity index (χ1n) is 33.6. The fourth-order valence-electron chi connectivity index (χ4n) is 9.58. The lowest BCUT2D eigenvalue weighted by molar-refractivity contribution is -0.167. The van der Waals surface area contributed by atoms with Crippen LogP contribution < -0.4 is 0 Å². The number of unbranched alkanes of at least 4 members (excludes halogenated alkanes) is 36. The molecule has 0 aromatic rings. The highest BCUT2D eigenvalue weighted by molar-refractivity contribution is 5.71. The molecule has 450 valence electrons. The van der Waals surface area contributed by atoms with Crippen LogP contribution in [-0.2, 0) is 28.6 Å². The van der Waals surface area contributed by atoms with Gasteiger partial charge < -0.3 is 14.2 Å². The van der Waals surface area contributed by atoms with Gasteiger partial charge in [0.2, 0.25) is 0 Å². The second-order valence-electron chi connectivity index (χ2n) is 22.3. The third-order valence-corrected chi connectivity index (χ3v) is 14.6. The zero-order chi connectivity index (χ0) is 56.4. The van der Waals surface area contributed by atoms with Crippen LogP contribution in [0, 0.1) is 0 Å². The number of carbonyl (C=O) groups excluding carboxylic acids is 3. The molecule has 1 atom stereocenters. The van der Waals surface area contributed by atoms with E-state index in [-0.39, 0.29) is 31.1 Å². The average molecular weight is 1090 g/mol. The normalized spacial score (nSPS) is 12.6. The van der Waals surface area contributed by atoms with E-state index < -0.39 is 6.10 Å². The first kappa shape index (κ1) is 74.6. The molecule has 0 N–H and O–H groups in total. The summed E-state index contributed by atoms with van der Waals surface area (Å²) in [6, 6.07) is 0. The Balaban J connectivity index is 4.29. The molecule has 78 heavy (non-hydrogen) atoms. The fourth-order valence-corrected chi connectivity index (χ4v) is 9.58. The van der Waals surface area contributed by atoms with Gasteiger partial charge in [0.15, 0.2) is 6.10 Å². The summed E-state index contributed by atoms with van der Waals surface area (Å²) >= 11 is 0. The number of rotatable bonds is 61. The van der Waals surface area contributed by atoms with E-state index in [9.17, 15) is 14.4 Å². The Labute approximate surface area is 484 Å². The summed E-state index contributed by atoms with van der Waals surface area (Å²) in [5.41, 5.74) is 0. The lowest BCUT2D eigenvalue weighted by Gasteiger charge is -2.18. The number of hydrogen-bond acceptors (Lipinski definition) is 6. The lowest BCUT2D eigenvalue weighted by atomic mass is 10.0. The van der Waals surface area contributed by atoms with Crippen LogP contribution in [0.3, 0.4) is 0 Å². The highest BCUT2D eigenvalue weighted by atomic mass is 16.6. The van der Waals surface area contributed by atoms with E-state index >= 15 is 0 Å². The van der Waals surface area contributed by atoms with Gasteiger partial charge in [-0.15, -0.1) is 0 Å². The van der Waals surface area contributed by atoms with E-state index in [0.29, 0.717) is 19.3 Å². The largest absolute Gasteiger partial charge is 0.462 e. The van der Waals surface area contributed by atoms with Gasteiger partial charge in [0.1, 0.15) is 13.2 Å². The maximum Gasteiger partial charge on any atom is 0.306 e. The molecule has 0 rings (SSSR count). The van der Waals surface area contributed by atoms with Crippen LogP contribution >= 0.6 is 0 Å². The molecule has 0 radical (unpaired) electrons. The van der Waals surface area contributed by atoms with Crippen LogP contribution in [0.1, 0.15) is 335 Å². The molecule has 0 aliphatic heterocycles. The molecular formula is C72H126O6. The van der Waals surface area contributed by atoms with Crippen molar-refractivity contribution in [2.75, 3.05) is 13.2 Å². The Kier molecular flexibility index (Phi) is 63.2. The predicted molar refractivity (Wildman–Crippen MR) is 339 cm³/mol. The second kappa shape index (κ2) is 66.1. The molecule has 0 bridgehead atoms. The van der Waals surface area contributed by atoms with Crippen LogP contribution in [0.2, 0.25) is 0 Å². The van der Waals surface area contributed by atoms with Crippen molar-refractivity contribution in [2.45, 2.75) is 341 Å². The van der Waals surface area contributed by atoms with Crippen LogP contribution in [0.15, 0.2) is 85.1 Å². The molecule has 0 spiro atoms. The van der Waals surface area contributed by atoms with Gasteiger partial charge in [0.05, 0.1) is 0 Å². The monoisotopic (exact) mass is 1090 g/mol. The molecule has 0 heterocycles. The van der Waals surface area contributed by atoms with Gasteiger partial charge in [-0.2, -0.15) is 0 Å². The SMILES string of the molecule is CC/C=C\C/C=C\C/C=C\C/C=C\CCCCCCCCCCCCCCCCC(=O)OCC(COC(=O)CCCCCCC/C=C\CCCCCCC)OC(=O)CCCCCCCCCCC/C=C\C/C=C\CCCCC. The van der Waals surface area contributed by atoms with Crippen LogP contribution in [0.25, 0.3) is 0 Å². The first-order valence-corrected chi connectivity index (χ1v) is 33.6. The zero-order valence-corrected chi connectivity index (χ0v) is 51.7. The summed E-state index contributed by atoms with van der Waals surface area (Å²) in [5, 5.41) is 0. The van der Waals surface area contributed by atoms with Gasteiger partial charge >= 0.3 is 17.9 Å². The summed E-state index contributed by atoms with van der Waals surface area (Å²) < 4.78 is 17.0. The van der Waals surface area contributed by atoms with Crippen molar-refractivity contribution >= 4 is 17.9 Å². The van der Waals surface area contributed by atoms with Crippen molar-refractivity contribution < 1.29 is 28.6 Å². The molecule has 6 heteroatoms. The number of hydrogen-bond donors (Lipinski definition) is 0. The smallest absolute Gasteiger partial charge is 0.306 e. The van der Waals surface area contributed by atoms with Crippen LogP contribution in [0.4, 0.5) is 0 Å². The minimum absolute atomic E-state index is 0.0787. The minimum Gasteiger partial charge on any atom is -0.462 e. The molecule has 6 nitrogen and oxygen atoms in total. The van der Waals surface area contributed by atoms with E-state index in [4.69, 9.17) is 14.2 Å². The first-order chi connectivity index (χ1) is 38.5. The Morgan fingerprint density at radius 3 is 0.821 bits per heavy atom. The summed E-state index contributed by atoms with van der Waals surface area (Å²) in [4.78, 5) is 38.4. The second-order valence-corrected chi connectivity index (χ2v) is 22.3. The molecule has 0 aliphatic carbocycles. The van der Waals surface area contributed by atoms with Crippen molar-refractivity contribution in [2.24, 2.45) is 0 Å². The van der Waals surface area contributed by atoms with Gasteiger partial charge in [-0.25, -0.2) is 0 Å². The van der Waals surface area contributed by atoms with Gasteiger partial charge in [-0.1, -0.05) is 286 Å². The van der Waals surface area contributed by atoms with Crippen molar-refractivity contribution in [3.8, 4) is 0 Å². The average Bonchev–Trinajstić information content (AvgIpc) is 3.44. The molecule has 0 aliphatic rings. The standard InChI is InChI=1S/C72H126O6/c1-4-7-10-13-16-19-22-25-28-30-32-33-34-35-36-37-38-39-41-42-44-47-50-53-56-59-62-65-71(74)77-68-69(67-76-70(73)64-61-58-55-52-49-46-27-24-21-18-15-12-9-6-3)78-72(75)66-63-60-57-54-51-48-45-43-40-31-29-26-23-20-17-14-11-8-5-2/h7,10,16-17,19-20,24-29,32-33,69H,4-6,8-9,11-15,18,21-23,30-31,34-68H2,1-3H3/b10-7-,19-16-,20-17-,27-24-,28-25-,29-26-,33-32-. The molecule has 0 saturated heterocycles. The molecule has 0 fully saturated rings. The fraction of sp³-hybridized carbons (Fsp3) is 0.764. The zero-order valence-electron chi connectivity index (χ0n) is 51.7. The van der Waals surface area contributed by atoms with Gasteiger partial charge in [0.25, 0.3) is 0 Å². The van der Waals surface area contributed by atoms with E-state index in [1.54, 1.807) is 0 Å². The minimum atomic E-state index is -0.783. The molecule has 0 amide bonds. The Hall–Kier alpha value is -3.41. The van der Waals surface area contributed by atoms with Crippen molar-refractivity contribution in [3.63, 3.8) is 0 Å². The Bertz CT molecular complexity index is 1480. The Morgan fingerprint density at radius 1 is 0.269 bits per heavy atom. The number of esters is 3. The van der Waals surface area contributed by atoms with Crippen LogP contribution in [-0.4, -0.2) is 37.2 Å². The maximum atomic E-state index is 12.9. The van der Waals surface area contributed by atoms with Crippen LogP contribution in [0.5, 0.6) is 0 Å². The van der Waals surface area contributed by atoms with Gasteiger partial charge in [-0.05, 0) is 116 Å². The predicted octanol–water partition coefficient (Wildman–Crippen LogP) is 23.1. The van der Waals surface area contributed by atoms with E-state index in [2.05, 4.69) is 106 Å². The molecular weight excluding hydrogens is 961 g/mol. The highest BCUT2D eigenvalue weighted by Crippen LogP contribution is 2.17. The summed E-state index contributed by atoms with van der Waals surface area (Å²) in [6.07, 6.45) is 87.4. The third kappa shape index (κ3) is 63.4. The van der Waals surface area contributed by atoms with Gasteiger partial charge in [-0.3, -0.25) is 14.4 Å². The van der Waals surface area contributed by atoms with Crippen molar-refractivity contribution in [1.29, 1.82) is 0 Å². The topological polar surface area (TPSA) is 78.9 Å². The third-order valence-electron chi connectivity index (χ3n) is 14.6. The Morgan fingerprint density at radius 2 is 0.500 bits per heavy atom. The summed E-state index contributed by atoms with van der Waals surface area (Å²) in [5.74, 6) is -0.877. The van der Waals surface area contributed by atoms with E-state index in [0.717, 1.165) is 96.3 Å². The van der Waals surface area contributed by atoms with Crippen molar-refractivity contribution in [3.05, 3.63) is 85.1 Å². The molecule has 0 aromatic heterocycles.